The summed E-state index contributed by atoms with van der Waals surface area (Å²) in [6, 6.07) is 3.13. The van der Waals surface area contributed by atoms with Gasteiger partial charge >= 0.3 is 5.63 Å². The van der Waals surface area contributed by atoms with Gasteiger partial charge < -0.3 is 4.42 Å². The number of hydrogen-bond donors (Lipinski definition) is 0. The summed E-state index contributed by atoms with van der Waals surface area (Å²) in [6.07, 6.45) is 1.69. The van der Waals surface area contributed by atoms with Crippen LogP contribution in [0.3, 0.4) is 0 Å². The molecule has 1 aromatic rings. The van der Waals surface area contributed by atoms with E-state index < -0.39 is 0 Å². The fourth-order valence-corrected chi connectivity index (χ4v) is 0.961. The van der Waals surface area contributed by atoms with Crippen LogP contribution in [-0.4, -0.2) is 0 Å². The van der Waals surface area contributed by atoms with Crippen molar-refractivity contribution in [1.29, 1.82) is 0 Å². The lowest BCUT2D eigenvalue weighted by Crippen LogP contribution is -1.97. The van der Waals surface area contributed by atoms with Crippen LogP contribution in [0.15, 0.2) is 26.3 Å². The van der Waals surface area contributed by atoms with Crippen LogP contribution in [0.1, 0.15) is 11.3 Å². The lowest BCUT2D eigenvalue weighted by Gasteiger charge is -1.94. The quantitative estimate of drug-likeness (QED) is 0.719. The van der Waals surface area contributed by atoms with Crippen molar-refractivity contribution in [2.75, 3.05) is 0 Å². The van der Waals surface area contributed by atoms with E-state index in [1.165, 1.54) is 6.07 Å². The van der Waals surface area contributed by atoms with Gasteiger partial charge in [-0.25, -0.2) is 4.79 Å². The summed E-state index contributed by atoms with van der Waals surface area (Å²) >= 11 is 3.10. The van der Waals surface area contributed by atoms with Crippen molar-refractivity contribution in [2.45, 2.75) is 6.92 Å². The highest BCUT2D eigenvalue weighted by Crippen LogP contribution is 2.06. The van der Waals surface area contributed by atoms with Crippen LogP contribution in [0, 0.1) is 6.92 Å². The first kappa shape index (κ1) is 8.27. The van der Waals surface area contributed by atoms with E-state index in [0.717, 1.165) is 5.56 Å². The normalized spacial score (nSPS) is 10.7. The smallest absolute Gasteiger partial charge is 0.336 e. The van der Waals surface area contributed by atoms with Gasteiger partial charge in [0.2, 0.25) is 0 Å². The zero-order chi connectivity index (χ0) is 8.27. The van der Waals surface area contributed by atoms with Crippen molar-refractivity contribution in [3.63, 3.8) is 0 Å². The second-order valence-electron chi connectivity index (χ2n) is 2.09. The van der Waals surface area contributed by atoms with Gasteiger partial charge in [-0.05, 0) is 29.6 Å². The number of halogens is 1. The van der Waals surface area contributed by atoms with Gasteiger partial charge in [0, 0.05) is 6.07 Å². The maximum Gasteiger partial charge on any atom is 0.336 e. The summed E-state index contributed by atoms with van der Waals surface area (Å²) in [7, 11) is 0. The second-order valence-corrected chi connectivity index (χ2v) is 2.62. The first-order valence-corrected chi connectivity index (χ1v) is 4.03. The van der Waals surface area contributed by atoms with Crippen LogP contribution >= 0.6 is 15.9 Å². The molecule has 0 amide bonds. The summed E-state index contributed by atoms with van der Waals surface area (Å²) in [6.45, 7) is 1.88. The maximum atomic E-state index is 10.7. The van der Waals surface area contributed by atoms with Crippen LogP contribution in [0.5, 0.6) is 0 Å². The molecule has 2 nitrogen and oxygen atoms in total. The molecule has 58 valence electrons. The van der Waals surface area contributed by atoms with Crippen LogP contribution in [0.4, 0.5) is 0 Å². The summed E-state index contributed by atoms with van der Waals surface area (Å²) in [5.41, 5.74) is 0.622. The molecular weight excluding hydrogens is 208 g/mol. The molecule has 0 N–H and O–H groups in total. The van der Waals surface area contributed by atoms with Gasteiger partial charge in [0.15, 0.2) is 0 Å². The Labute approximate surface area is 72.7 Å². The van der Waals surface area contributed by atoms with E-state index in [-0.39, 0.29) is 5.63 Å². The summed E-state index contributed by atoms with van der Waals surface area (Å²) < 4.78 is 4.88. The highest BCUT2D eigenvalue weighted by atomic mass is 79.9. The Morgan fingerprint density at radius 2 is 2.27 bits per heavy atom. The molecule has 1 aromatic heterocycles. The maximum absolute atomic E-state index is 10.7. The van der Waals surface area contributed by atoms with Crippen molar-refractivity contribution in [2.24, 2.45) is 0 Å². The molecule has 0 fully saturated rings. The summed E-state index contributed by atoms with van der Waals surface area (Å²) in [5, 5.41) is 0. The highest BCUT2D eigenvalue weighted by molar-refractivity contribution is 9.11. The molecule has 0 atom stereocenters. The molecule has 0 spiro atoms. The Kier molecular flexibility index (Phi) is 2.65. The SMILES string of the molecule is Cc1ccc(=O)oc1/C=C/Br. The van der Waals surface area contributed by atoms with Gasteiger partial charge in [-0.3, -0.25) is 0 Å². The Morgan fingerprint density at radius 1 is 1.55 bits per heavy atom. The van der Waals surface area contributed by atoms with Gasteiger partial charge in [0.05, 0.1) is 0 Å². The van der Waals surface area contributed by atoms with Crippen molar-refractivity contribution in [1.82, 2.24) is 0 Å². The van der Waals surface area contributed by atoms with Crippen molar-refractivity contribution in [3.8, 4) is 0 Å². The molecule has 1 heterocycles. The van der Waals surface area contributed by atoms with Crippen molar-refractivity contribution in [3.05, 3.63) is 38.9 Å². The minimum Gasteiger partial charge on any atom is -0.423 e. The number of hydrogen-bond acceptors (Lipinski definition) is 2. The van der Waals surface area contributed by atoms with E-state index in [1.54, 1.807) is 17.1 Å². The van der Waals surface area contributed by atoms with Gasteiger partial charge in [-0.15, -0.1) is 0 Å². The Hall–Kier alpha value is -0.830. The molecule has 11 heavy (non-hydrogen) atoms. The number of rotatable bonds is 1. The minimum absolute atomic E-state index is 0.323. The molecule has 1 rings (SSSR count). The Balaban J connectivity index is 3.23. The predicted octanol–water partition coefficient (Wildman–Crippen LogP) is 2.31. The fraction of sp³-hybridized carbons (Fsp3) is 0.125. The van der Waals surface area contributed by atoms with E-state index in [4.69, 9.17) is 4.42 Å². The molecule has 0 bridgehead atoms. The monoisotopic (exact) mass is 214 g/mol. The highest BCUT2D eigenvalue weighted by Gasteiger charge is 1.95. The van der Waals surface area contributed by atoms with E-state index >= 15 is 0 Å². The Bertz CT molecular complexity index is 325. The van der Waals surface area contributed by atoms with Gasteiger partial charge in [-0.2, -0.15) is 0 Å². The molecule has 0 aliphatic rings. The van der Waals surface area contributed by atoms with Crippen molar-refractivity contribution < 1.29 is 4.42 Å². The average Bonchev–Trinajstić information content (AvgIpc) is 1.98. The minimum atomic E-state index is -0.323. The molecule has 0 aliphatic heterocycles. The van der Waals surface area contributed by atoms with E-state index in [1.807, 2.05) is 6.92 Å². The first-order valence-electron chi connectivity index (χ1n) is 3.11. The third kappa shape index (κ3) is 2.05. The predicted molar refractivity (Wildman–Crippen MR) is 47.7 cm³/mol. The zero-order valence-corrected chi connectivity index (χ0v) is 7.59. The lowest BCUT2D eigenvalue weighted by molar-refractivity contribution is 0.497. The fourth-order valence-electron chi connectivity index (χ4n) is 0.721. The van der Waals surface area contributed by atoms with E-state index in [9.17, 15) is 4.79 Å². The molecule has 0 aromatic carbocycles. The Morgan fingerprint density at radius 3 is 2.91 bits per heavy atom. The lowest BCUT2D eigenvalue weighted by atomic mass is 10.2. The van der Waals surface area contributed by atoms with E-state index in [0.29, 0.717) is 5.76 Å². The standard InChI is InChI=1S/C8H7BrO2/c1-6-2-3-8(10)11-7(6)4-5-9/h2-5H,1H3/b5-4+. The number of aryl methyl sites for hydroxylation is 1. The van der Waals surface area contributed by atoms with Gasteiger partial charge in [-0.1, -0.05) is 15.9 Å². The first-order chi connectivity index (χ1) is 5.24. The summed E-state index contributed by atoms with van der Waals surface area (Å²) in [5.74, 6) is 0.592. The molecule has 0 radical (unpaired) electrons. The third-order valence-corrected chi connectivity index (χ3v) is 1.55. The zero-order valence-electron chi connectivity index (χ0n) is 6.00. The topological polar surface area (TPSA) is 30.2 Å². The largest absolute Gasteiger partial charge is 0.423 e. The van der Waals surface area contributed by atoms with Crippen molar-refractivity contribution >= 4 is 22.0 Å². The average molecular weight is 215 g/mol. The van der Waals surface area contributed by atoms with Gasteiger partial charge in [0.1, 0.15) is 5.76 Å². The van der Waals surface area contributed by atoms with Crippen LogP contribution in [-0.2, 0) is 0 Å². The molecule has 0 aliphatic carbocycles. The molecule has 0 unspecified atom stereocenters. The van der Waals surface area contributed by atoms with Crippen LogP contribution in [0.2, 0.25) is 0 Å². The molecule has 0 saturated heterocycles. The van der Waals surface area contributed by atoms with Gasteiger partial charge in [0.25, 0.3) is 0 Å². The van der Waals surface area contributed by atoms with Crippen LogP contribution in [0.25, 0.3) is 6.08 Å². The molecule has 3 heteroatoms. The second kappa shape index (κ2) is 3.53. The summed E-state index contributed by atoms with van der Waals surface area (Å²) in [4.78, 5) is 12.4. The molecule has 0 saturated carbocycles. The van der Waals surface area contributed by atoms with E-state index in [2.05, 4.69) is 15.9 Å². The third-order valence-electron chi connectivity index (χ3n) is 1.28. The van der Waals surface area contributed by atoms with Crippen LogP contribution < -0.4 is 5.63 Å². The molecular formula is C8H7BrO2.